The molecule has 2 aromatic heterocycles. The van der Waals surface area contributed by atoms with Crippen molar-refractivity contribution >= 4 is 82.4 Å². The fourth-order valence-corrected chi connectivity index (χ4v) is 7.91. The summed E-state index contributed by atoms with van der Waals surface area (Å²) in [5.74, 6) is 0.615. The van der Waals surface area contributed by atoms with Crippen LogP contribution in [0.4, 0.5) is 17.1 Å². The predicted molar refractivity (Wildman–Crippen MR) is 219 cm³/mol. The maximum atomic E-state index is 6.71. The third-order valence-electron chi connectivity index (χ3n) is 10.4. The van der Waals surface area contributed by atoms with Crippen LogP contribution in [0.1, 0.15) is 0 Å². The van der Waals surface area contributed by atoms with Gasteiger partial charge in [0.2, 0.25) is 5.89 Å². The van der Waals surface area contributed by atoms with Gasteiger partial charge in [-0.1, -0.05) is 121 Å². The Balaban J connectivity index is 1.15. The quantitative estimate of drug-likeness (QED) is 0.170. The van der Waals surface area contributed by atoms with Crippen molar-refractivity contribution in [2.75, 3.05) is 4.90 Å². The summed E-state index contributed by atoms with van der Waals surface area (Å²) in [5.41, 5.74) is 9.68. The van der Waals surface area contributed by atoms with Crippen LogP contribution in [-0.2, 0) is 0 Å². The summed E-state index contributed by atoms with van der Waals surface area (Å²) in [6.07, 6.45) is 0. The molecule has 0 aliphatic rings. The number of hydrogen-bond acceptors (Lipinski definition) is 4. The van der Waals surface area contributed by atoms with E-state index in [1.165, 1.54) is 5.39 Å². The van der Waals surface area contributed by atoms with E-state index in [1.807, 2.05) is 12.1 Å². The van der Waals surface area contributed by atoms with Crippen molar-refractivity contribution in [3.63, 3.8) is 0 Å². The Morgan fingerprint density at radius 2 is 1.11 bits per heavy atom. The molecule has 0 unspecified atom stereocenters. The van der Waals surface area contributed by atoms with E-state index in [4.69, 9.17) is 13.8 Å². The monoisotopic (exact) mass is 678 g/mol. The average molecular weight is 679 g/mol. The number of rotatable bonds is 5. The van der Waals surface area contributed by atoms with Crippen molar-refractivity contribution in [1.29, 1.82) is 0 Å². The summed E-state index contributed by atoms with van der Waals surface area (Å²) in [7, 11) is 0. The number of aromatic nitrogens is 1. The Morgan fingerprint density at radius 1 is 0.415 bits per heavy atom. The molecule has 0 bridgehead atoms. The van der Waals surface area contributed by atoms with E-state index in [0.29, 0.717) is 5.89 Å². The highest BCUT2D eigenvalue weighted by atomic mass is 16.3. The molecule has 0 amide bonds. The zero-order valence-electron chi connectivity index (χ0n) is 28.5. The van der Waals surface area contributed by atoms with E-state index in [1.54, 1.807) is 0 Å². The van der Waals surface area contributed by atoms with Gasteiger partial charge in [0.1, 0.15) is 16.7 Å². The van der Waals surface area contributed by atoms with Gasteiger partial charge < -0.3 is 13.7 Å². The lowest BCUT2D eigenvalue weighted by Gasteiger charge is -2.28. The van der Waals surface area contributed by atoms with Gasteiger partial charge >= 0.3 is 0 Å². The highest BCUT2D eigenvalue weighted by Gasteiger charge is 2.21. The molecule has 248 valence electrons. The maximum Gasteiger partial charge on any atom is 0.227 e. The molecular formula is C49H30N2O2. The molecule has 0 N–H and O–H groups in total. The first-order valence-corrected chi connectivity index (χ1v) is 17.9. The van der Waals surface area contributed by atoms with Crippen LogP contribution in [-0.4, -0.2) is 4.98 Å². The first kappa shape index (κ1) is 29.5. The lowest BCUT2D eigenvalue weighted by Crippen LogP contribution is -2.11. The van der Waals surface area contributed by atoms with Crippen LogP contribution < -0.4 is 4.90 Å². The van der Waals surface area contributed by atoms with Crippen LogP contribution in [0.2, 0.25) is 0 Å². The molecule has 4 heteroatoms. The van der Waals surface area contributed by atoms with E-state index in [0.717, 1.165) is 93.7 Å². The molecule has 4 nitrogen and oxygen atoms in total. The van der Waals surface area contributed by atoms with Gasteiger partial charge in [0.15, 0.2) is 5.58 Å². The molecule has 0 spiro atoms. The maximum absolute atomic E-state index is 6.71. The van der Waals surface area contributed by atoms with Crippen LogP contribution >= 0.6 is 0 Å². The summed E-state index contributed by atoms with van der Waals surface area (Å²) in [5, 5.41) is 8.92. The molecule has 0 radical (unpaired) electrons. The van der Waals surface area contributed by atoms with Gasteiger partial charge in [0.05, 0.1) is 5.69 Å². The third kappa shape index (κ3) is 4.80. The van der Waals surface area contributed by atoms with E-state index in [2.05, 4.69) is 175 Å². The summed E-state index contributed by atoms with van der Waals surface area (Å²) in [6.45, 7) is 0. The molecule has 53 heavy (non-hydrogen) atoms. The molecule has 0 aliphatic heterocycles. The van der Waals surface area contributed by atoms with Gasteiger partial charge in [0.25, 0.3) is 0 Å². The zero-order valence-corrected chi connectivity index (χ0v) is 28.5. The van der Waals surface area contributed by atoms with E-state index in [9.17, 15) is 0 Å². The minimum atomic E-state index is 0.615. The van der Waals surface area contributed by atoms with E-state index >= 15 is 0 Å². The zero-order chi connectivity index (χ0) is 34.9. The average Bonchev–Trinajstić information content (AvgIpc) is 3.83. The minimum Gasteiger partial charge on any atom is -0.456 e. The van der Waals surface area contributed by atoms with Crippen LogP contribution in [0.25, 0.3) is 87.9 Å². The van der Waals surface area contributed by atoms with Crippen molar-refractivity contribution in [1.82, 2.24) is 4.98 Å². The lowest BCUT2D eigenvalue weighted by molar-refractivity contribution is 0.623. The van der Waals surface area contributed by atoms with Gasteiger partial charge in [0, 0.05) is 44.7 Å². The number of furan rings is 1. The molecule has 11 rings (SSSR count). The largest absolute Gasteiger partial charge is 0.456 e. The van der Waals surface area contributed by atoms with Gasteiger partial charge in [-0.25, -0.2) is 4.98 Å². The normalized spacial score (nSPS) is 11.8. The number of hydrogen-bond donors (Lipinski definition) is 0. The Kier molecular flexibility index (Phi) is 6.52. The fourth-order valence-electron chi connectivity index (χ4n) is 7.91. The Labute approximate surface area is 304 Å². The standard InChI is InChI=1S/C49H30N2O2/c1-2-11-32(12-3-1)39-14-6-8-16-44(39)51(38-25-26-41-40-15-7-9-17-45(40)52-46(41)30-38)37-24-22-33-19-20-34-23-27-43-48(47(34)42(33)29-37)53-49(50-43)36-21-18-31-10-4-5-13-35(31)28-36/h1-30H. The molecule has 0 aliphatic carbocycles. The lowest BCUT2D eigenvalue weighted by atomic mass is 9.99. The highest BCUT2D eigenvalue weighted by molar-refractivity contribution is 6.19. The van der Waals surface area contributed by atoms with Crippen molar-refractivity contribution in [2.45, 2.75) is 0 Å². The second kappa shape index (κ2) is 11.7. The molecule has 0 atom stereocenters. The first-order chi connectivity index (χ1) is 26.2. The van der Waals surface area contributed by atoms with Gasteiger partial charge in [-0.05, 0) is 87.1 Å². The molecule has 0 saturated heterocycles. The third-order valence-corrected chi connectivity index (χ3v) is 10.4. The Hall–Kier alpha value is -7.17. The minimum absolute atomic E-state index is 0.615. The van der Waals surface area contributed by atoms with E-state index < -0.39 is 0 Å². The summed E-state index contributed by atoms with van der Waals surface area (Å²) < 4.78 is 13.1. The smallest absolute Gasteiger partial charge is 0.227 e. The van der Waals surface area contributed by atoms with Crippen LogP contribution in [0, 0.1) is 0 Å². The van der Waals surface area contributed by atoms with Gasteiger partial charge in [-0.15, -0.1) is 0 Å². The Bertz CT molecular complexity index is 3190. The number of oxazole rings is 1. The number of anilines is 3. The van der Waals surface area contributed by atoms with Crippen molar-refractivity contribution in [2.24, 2.45) is 0 Å². The second-order valence-corrected chi connectivity index (χ2v) is 13.6. The number of nitrogens with zero attached hydrogens (tertiary/aromatic N) is 2. The molecular weight excluding hydrogens is 649 g/mol. The van der Waals surface area contributed by atoms with Crippen molar-refractivity contribution in [3.05, 3.63) is 182 Å². The fraction of sp³-hybridized carbons (Fsp3) is 0. The van der Waals surface area contributed by atoms with Gasteiger partial charge in [-0.3, -0.25) is 0 Å². The summed E-state index contributed by atoms with van der Waals surface area (Å²) in [4.78, 5) is 7.35. The summed E-state index contributed by atoms with van der Waals surface area (Å²) >= 11 is 0. The van der Waals surface area contributed by atoms with Crippen LogP contribution in [0.5, 0.6) is 0 Å². The van der Waals surface area contributed by atoms with E-state index in [-0.39, 0.29) is 0 Å². The van der Waals surface area contributed by atoms with Crippen molar-refractivity contribution < 1.29 is 8.83 Å². The number of para-hydroxylation sites is 2. The number of fused-ring (bicyclic) bond motifs is 9. The number of benzene rings is 9. The van der Waals surface area contributed by atoms with Crippen LogP contribution in [0.15, 0.2) is 191 Å². The van der Waals surface area contributed by atoms with Crippen molar-refractivity contribution in [3.8, 4) is 22.6 Å². The topological polar surface area (TPSA) is 42.4 Å². The highest BCUT2D eigenvalue weighted by Crippen LogP contribution is 2.44. The Morgan fingerprint density at radius 3 is 2.06 bits per heavy atom. The predicted octanol–water partition coefficient (Wildman–Crippen LogP) is 14.0. The van der Waals surface area contributed by atoms with Crippen LogP contribution in [0.3, 0.4) is 0 Å². The molecule has 2 heterocycles. The second-order valence-electron chi connectivity index (χ2n) is 13.6. The first-order valence-electron chi connectivity index (χ1n) is 17.9. The molecule has 9 aromatic carbocycles. The SMILES string of the molecule is c1ccc(-c2ccccc2N(c2ccc3c(c2)oc2ccccc23)c2ccc3ccc4ccc5nc(-c6ccc7ccccc7c6)oc5c4c3c2)cc1. The molecule has 0 fully saturated rings. The molecule has 11 aromatic rings. The van der Waals surface area contributed by atoms with Gasteiger partial charge in [-0.2, -0.15) is 0 Å². The summed E-state index contributed by atoms with van der Waals surface area (Å²) in [6, 6.07) is 64.0. The molecule has 0 saturated carbocycles.